The van der Waals surface area contributed by atoms with Gasteiger partial charge >= 0.3 is 0 Å². The Morgan fingerprint density at radius 3 is 2.74 bits per heavy atom. The Morgan fingerprint density at radius 2 is 1.96 bits per heavy atom. The molecule has 0 aliphatic carbocycles. The minimum absolute atomic E-state index is 0.146. The van der Waals surface area contributed by atoms with E-state index in [9.17, 15) is 4.79 Å². The predicted molar refractivity (Wildman–Crippen MR) is 92.7 cm³/mol. The summed E-state index contributed by atoms with van der Waals surface area (Å²) in [5, 5.41) is 6.45. The Morgan fingerprint density at radius 1 is 1.17 bits per heavy atom. The summed E-state index contributed by atoms with van der Waals surface area (Å²) in [4.78, 5) is 12.2. The van der Waals surface area contributed by atoms with Crippen LogP contribution in [0.3, 0.4) is 0 Å². The normalized spacial score (nSPS) is 20.3. The Bertz CT molecular complexity index is 506. The zero-order valence-corrected chi connectivity index (χ0v) is 13.9. The molecule has 1 aromatic rings. The van der Waals surface area contributed by atoms with Gasteiger partial charge < -0.3 is 15.4 Å². The first-order chi connectivity index (χ1) is 11.3. The maximum Gasteiger partial charge on any atom is 0.224 e. The van der Waals surface area contributed by atoms with Gasteiger partial charge in [0.25, 0.3) is 0 Å². The summed E-state index contributed by atoms with van der Waals surface area (Å²) in [6.45, 7) is 3.88. The molecule has 1 aromatic carbocycles. The first-order valence-electron chi connectivity index (χ1n) is 8.99. The summed E-state index contributed by atoms with van der Waals surface area (Å²) >= 11 is 0. The number of hydrogen-bond acceptors (Lipinski definition) is 3. The molecule has 2 aliphatic rings. The fourth-order valence-corrected chi connectivity index (χ4v) is 3.63. The standard InChI is InChI=1S/C19H28N2O2/c22-19(5-4-15-6-10-20-11-7-15)21-18-3-1-2-17(14-18)16-8-12-23-13-9-16/h1-3,14-16,20H,4-13H2,(H,21,22). The van der Waals surface area contributed by atoms with E-state index in [4.69, 9.17) is 4.74 Å². The molecule has 2 fully saturated rings. The van der Waals surface area contributed by atoms with Crippen LogP contribution in [0.15, 0.2) is 24.3 Å². The monoisotopic (exact) mass is 316 g/mol. The maximum atomic E-state index is 12.2. The van der Waals surface area contributed by atoms with Gasteiger partial charge in [0.2, 0.25) is 5.91 Å². The molecular weight excluding hydrogens is 288 g/mol. The van der Waals surface area contributed by atoms with Crippen molar-refractivity contribution in [1.29, 1.82) is 0 Å². The summed E-state index contributed by atoms with van der Waals surface area (Å²) in [5.41, 5.74) is 2.26. The average Bonchev–Trinajstić information content (AvgIpc) is 2.62. The van der Waals surface area contributed by atoms with Crippen molar-refractivity contribution in [3.05, 3.63) is 29.8 Å². The molecule has 4 nitrogen and oxygen atoms in total. The van der Waals surface area contributed by atoms with E-state index in [1.165, 1.54) is 18.4 Å². The lowest BCUT2D eigenvalue weighted by Gasteiger charge is -2.23. The number of carbonyl (C=O) groups is 1. The average molecular weight is 316 g/mol. The Kier molecular flexibility index (Phi) is 6.06. The van der Waals surface area contributed by atoms with Crippen LogP contribution >= 0.6 is 0 Å². The third kappa shape index (κ3) is 5.05. The van der Waals surface area contributed by atoms with Gasteiger partial charge in [-0.3, -0.25) is 4.79 Å². The summed E-state index contributed by atoms with van der Waals surface area (Å²) in [6, 6.07) is 8.34. The lowest BCUT2D eigenvalue weighted by Crippen LogP contribution is -2.28. The second-order valence-electron chi connectivity index (χ2n) is 6.79. The first-order valence-corrected chi connectivity index (χ1v) is 8.99. The van der Waals surface area contributed by atoms with E-state index in [1.807, 2.05) is 12.1 Å². The summed E-state index contributed by atoms with van der Waals surface area (Å²) in [5.74, 6) is 1.42. The molecule has 2 N–H and O–H groups in total. The number of carbonyl (C=O) groups excluding carboxylic acids is 1. The van der Waals surface area contributed by atoms with E-state index in [2.05, 4.69) is 22.8 Å². The predicted octanol–water partition coefficient (Wildman–Crippen LogP) is 3.30. The van der Waals surface area contributed by atoms with Gasteiger partial charge in [0, 0.05) is 25.3 Å². The van der Waals surface area contributed by atoms with Crippen LogP contribution in [-0.4, -0.2) is 32.2 Å². The van der Waals surface area contributed by atoms with Crippen molar-refractivity contribution >= 4 is 11.6 Å². The number of hydrogen-bond donors (Lipinski definition) is 2. The third-order valence-electron chi connectivity index (χ3n) is 5.10. The maximum absolute atomic E-state index is 12.2. The van der Waals surface area contributed by atoms with E-state index >= 15 is 0 Å². The van der Waals surface area contributed by atoms with Gasteiger partial charge in [-0.05, 0) is 74.7 Å². The van der Waals surface area contributed by atoms with Crippen LogP contribution in [0.4, 0.5) is 5.69 Å². The van der Waals surface area contributed by atoms with Gasteiger partial charge in [0.1, 0.15) is 0 Å². The van der Waals surface area contributed by atoms with Crippen LogP contribution in [0.1, 0.15) is 50.0 Å². The van der Waals surface area contributed by atoms with E-state index in [-0.39, 0.29) is 5.91 Å². The van der Waals surface area contributed by atoms with Gasteiger partial charge in [0.15, 0.2) is 0 Å². The minimum Gasteiger partial charge on any atom is -0.381 e. The van der Waals surface area contributed by atoms with Crippen molar-refractivity contribution in [1.82, 2.24) is 5.32 Å². The van der Waals surface area contributed by atoms with Crippen molar-refractivity contribution in [3.8, 4) is 0 Å². The van der Waals surface area contributed by atoms with Crippen LogP contribution in [0.5, 0.6) is 0 Å². The fraction of sp³-hybridized carbons (Fsp3) is 0.632. The van der Waals surface area contributed by atoms with E-state index in [1.54, 1.807) is 0 Å². The van der Waals surface area contributed by atoms with Crippen molar-refractivity contribution in [2.45, 2.75) is 44.4 Å². The molecular formula is C19H28N2O2. The highest BCUT2D eigenvalue weighted by Crippen LogP contribution is 2.28. The van der Waals surface area contributed by atoms with Crippen LogP contribution in [0, 0.1) is 5.92 Å². The molecule has 0 atom stereocenters. The smallest absolute Gasteiger partial charge is 0.224 e. The van der Waals surface area contributed by atoms with Crippen molar-refractivity contribution in [2.24, 2.45) is 5.92 Å². The lowest BCUT2D eigenvalue weighted by atomic mass is 9.91. The summed E-state index contributed by atoms with van der Waals surface area (Å²) < 4.78 is 5.43. The SMILES string of the molecule is O=C(CCC1CCNCC1)Nc1cccc(C2CCOCC2)c1. The van der Waals surface area contributed by atoms with E-state index in [0.29, 0.717) is 18.3 Å². The molecule has 0 spiro atoms. The zero-order valence-electron chi connectivity index (χ0n) is 13.9. The highest BCUT2D eigenvalue weighted by atomic mass is 16.5. The molecule has 2 aliphatic heterocycles. The van der Waals surface area contributed by atoms with Crippen molar-refractivity contribution < 1.29 is 9.53 Å². The topological polar surface area (TPSA) is 50.4 Å². The molecule has 4 heteroatoms. The van der Waals surface area contributed by atoms with Gasteiger partial charge in [-0.2, -0.15) is 0 Å². The molecule has 0 radical (unpaired) electrons. The number of piperidine rings is 1. The van der Waals surface area contributed by atoms with Gasteiger partial charge in [-0.1, -0.05) is 12.1 Å². The van der Waals surface area contributed by atoms with Crippen LogP contribution in [-0.2, 0) is 9.53 Å². The molecule has 2 heterocycles. The first kappa shape index (κ1) is 16.5. The third-order valence-corrected chi connectivity index (χ3v) is 5.10. The molecule has 2 saturated heterocycles. The second kappa shape index (κ2) is 8.46. The van der Waals surface area contributed by atoms with Crippen molar-refractivity contribution in [3.63, 3.8) is 0 Å². The number of amides is 1. The molecule has 0 unspecified atom stereocenters. The summed E-state index contributed by atoms with van der Waals surface area (Å²) in [6.07, 6.45) is 6.19. The van der Waals surface area contributed by atoms with Gasteiger partial charge in [-0.15, -0.1) is 0 Å². The molecule has 0 saturated carbocycles. The van der Waals surface area contributed by atoms with E-state index in [0.717, 1.165) is 51.3 Å². The van der Waals surface area contributed by atoms with Crippen LogP contribution in [0.2, 0.25) is 0 Å². The number of benzene rings is 1. The summed E-state index contributed by atoms with van der Waals surface area (Å²) in [7, 11) is 0. The van der Waals surface area contributed by atoms with Gasteiger partial charge in [0.05, 0.1) is 0 Å². The quantitative estimate of drug-likeness (QED) is 0.876. The Labute approximate surface area is 139 Å². The second-order valence-corrected chi connectivity index (χ2v) is 6.79. The number of anilines is 1. The van der Waals surface area contributed by atoms with Crippen LogP contribution < -0.4 is 10.6 Å². The Hall–Kier alpha value is -1.39. The number of rotatable bonds is 5. The number of ether oxygens (including phenoxy) is 1. The highest BCUT2D eigenvalue weighted by Gasteiger charge is 2.17. The molecule has 0 aromatic heterocycles. The molecule has 3 rings (SSSR count). The van der Waals surface area contributed by atoms with Gasteiger partial charge in [-0.25, -0.2) is 0 Å². The fourth-order valence-electron chi connectivity index (χ4n) is 3.63. The minimum atomic E-state index is 0.146. The molecule has 126 valence electrons. The number of nitrogens with one attached hydrogen (secondary N) is 2. The van der Waals surface area contributed by atoms with Crippen LogP contribution in [0.25, 0.3) is 0 Å². The molecule has 1 amide bonds. The largest absolute Gasteiger partial charge is 0.381 e. The highest BCUT2D eigenvalue weighted by molar-refractivity contribution is 5.90. The lowest BCUT2D eigenvalue weighted by molar-refractivity contribution is -0.116. The van der Waals surface area contributed by atoms with Crippen molar-refractivity contribution in [2.75, 3.05) is 31.6 Å². The molecule has 0 bridgehead atoms. The Balaban J connectivity index is 1.49. The van der Waals surface area contributed by atoms with E-state index < -0.39 is 0 Å². The molecule has 23 heavy (non-hydrogen) atoms. The zero-order chi connectivity index (χ0) is 15.9.